The third kappa shape index (κ3) is 4.85. The molecule has 0 saturated carbocycles. The number of hydrogen-bond donors (Lipinski definition) is 1. The average molecular weight is 363 g/mol. The van der Waals surface area contributed by atoms with E-state index >= 15 is 0 Å². The van der Waals surface area contributed by atoms with Crippen LogP contribution in [0.5, 0.6) is 5.75 Å². The number of carbonyl (C=O) groups is 3. The number of benzene rings is 2. The summed E-state index contributed by atoms with van der Waals surface area (Å²) >= 11 is 0. The molecule has 0 heterocycles. The Labute approximate surface area is 147 Å². The topological polar surface area (TPSA) is 81.7 Å². The van der Waals surface area contributed by atoms with Gasteiger partial charge in [-0.3, -0.25) is 9.59 Å². The highest BCUT2D eigenvalue weighted by Gasteiger charge is 2.16. The molecule has 8 heteroatoms. The average Bonchev–Trinajstić information content (AvgIpc) is 2.58. The summed E-state index contributed by atoms with van der Waals surface area (Å²) in [5.41, 5.74) is 0.480. The summed E-state index contributed by atoms with van der Waals surface area (Å²) in [7, 11) is 1.16. The maximum absolute atomic E-state index is 13.2. The number of halogens is 2. The Morgan fingerprint density at radius 1 is 1.04 bits per heavy atom. The van der Waals surface area contributed by atoms with Gasteiger partial charge in [0.1, 0.15) is 11.3 Å². The molecule has 0 fully saturated rings. The molecule has 0 bridgehead atoms. The van der Waals surface area contributed by atoms with Crippen LogP contribution in [0.1, 0.15) is 22.8 Å². The molecule has 0 radical (unpaired) electrons. The number of ether oxygens (including phenoxy) is 2. The molecular formula is C18H15F2NO5. The summed E-state index contributed by atoms with van der Waals surface area (Å²) in [6.45, 7) is 1.18. The van der Waals surface area contributed by atoms with Gasteiger partial charge in [0.05, 0.1) is 13.5 Å². The van der Waals surface area contributed by atoms with Gasteiger partial charge in [-0.25, -0.2) is 13.6 Å². The van der Waals surface area contributed by atoms with Crippen molar-refractivity contribution in [2.45, 2.75) is 13.3 Å². The Morgan fingerprint density at radius 3 is 2.38 bits per heavy atom. The lowest BCUT2D eigenvalue weighted by atomic mass is 10.1. The quantitative estimate of drug-likeness (QED) is 0.653. The summed E-state index contributed by atoms with van der Waals surface area (Å²) in [5.74, 6) is -3.94. The van der Waals surface area contributed by atoms with Gasteiger partial charge >= 0.3 is 11.9 Å². The summed E-state index contributed by atoms with van der Waals surface area (Å²) in [6.07, 6.45) is -0.198. The van der Waals surface area contributed by atoms with Crippen molar-refractivity contribution in [3.63, 3.8) is 0 Å². The van der Waals surface area contributed by atoms with Gasteiger partial charge in [0.15, 0.2) is 11.6 Å². The van der Waals surface area contributed by atoms with Gasteiger partial charge in [-0.2, -0.15) is 0 Å². The molecule has 2 rings (SSSR count). The lowest BCUT2D eigenvalue weighted by Crippen LogP contribution is -2.16. The Kier molecular flexibility index (Phi) is 6.00. The summed E-state index contributed by atoms with van der Waals surface area (Å²) < 4.78 is 35.6. The molecular weight excluding hydrogens is 348 g/mol. The Balaban J connectivity index is 2.17. The van der Waals surface area contributed by atoms with Crippen molar-refractivity contribution in [1.29, 1.82) is 0 Å². The molecule has 2 aromatic rings. The maximum atomic E-state index is 13.2. The first-order chi connectivity index (χ1) is 12.3. The van der Waals surface area contributed by atoms with E-state index in [0.29, 0.717) is 0 Å². The van der Waals surface area contributed by atoms with E-state index in [1.54, 1.807) is 0 Å². The van der Waals surface area contributed by atoms with E-state index in [0.717, 1.165) is 19.2 Å². The van der Waals surface area contributed by atoms with Gasteiger partial charge < -0.3 is 14.8 Å². The summed E-state index contributed by atoms with van der Waals surface area (Å²) in [6, 6.07) is 7.20. The Morgan fingerprint density at radius 2 is 1.77 bits per heavy atom. The van der Waals surface area contributed by atoms with Gasteiger partial charge in [-0.15, -0.1) is 0 Å². The molecule has 136 valence electrons. The third-order valence-electron chi connectivity index (χ3n) is 3.27. The van der Waals surface area contributed by atoms with E-state index in [1.165, 1.54) is 31.2 Å². The van der Waals surface area contributed by atoms with Gasteiger partial charge in [0.25, 0.3) is 0 Å². The van der Waals surface area contributed by atoms with Gasteiger partial charge in [-0.1, -0.05) is 6.07 Å². The third-order valence-corrected chi connectivity index (χ3v) is 3.27. The summed E-state index contributed by atoms with van der Waals surface area (Å²) in [4.78, 5) is 35.0. The van der Waals surface area contributed by atoms with Crippen molar-refractivity contribution in [3.8, 4) is 5.75 Å². The molecule has 1 N–H and O–H groups in total. The highest BCUT2D eigenvalue weighted by molar-refractivity contribution is 5.97. The fraction of sp³-hybridized carbons (Fsp3) is 0.167. The van der Waals surface area contributed by atoms with Crippen LogP contribution < -0.4 is 10.1 Å². The van der Waals surface area contributed by atoms with Crippen molar-refractivity contribution < 1.29 is 32.6 Å². The first kappa shape index (κ1) is 19.0. The number of rotatable bonds is 5. The molecule has 0 aromatic heterocycles. The first-order valence-corrected chi connectivity index (χ1v) is 7.44. The summed E-state index contributed by atoms with van der Waals surface area (Å²) in [5, 5.41) is 2.52. The lowest BCUT2D eigenvalue weighted by molar-refractivity contribution is -0.131. The van der Waals surface area contributed by atoms with Crippen LogP contribution >= 0.6 is 0 Å². The van der Waals surface area contributed by atoms with Crippen LogP contribution in [0.15, 0.2) is 36.4 Å². The van der Waals surface area contributed by atoms with Crippen LogP contribution in [-0.2, 0) is 20.7 Å². The minimum Gasteiger partial charge on any atom is -0.465 e. The number of nitrogens with one attached hydrogen (secondary N) is 1. The van der Waals surface area contributed by atoms with Crippen molar-refractivity contribution >= 4 is 23.5 Å². The predicted molar refractivity (Wildman–Crippen MR) is 87.8 cm³/mol. The van der Waals surface area contributed by atoms with E-state index in [2.05, 4.69) is 10.1 Å². The zero-order valence-corrected chi connectivity index (χ0v) is 14.0. The molecule has 0 aliphatic heterocycles. The maximum Gasteiger partial charge on any atom is 0.341 e. The highest BCUT2D eigenvalue weighted by atomic mass is 19.2. The van der Waals surface area contributed by atoms with Crippen LogP contribution in [0.25, 0.3) is 0 Å². The zero-order valence-electron chi connectivity index (χ0n) is 14.0. The molecule has 2 aromatic carbocycles. The van der Waals surface area contributed by atoms with E-state index < -0.39 is 29.5 Å². The van der Waals surface area contributed by atoms with E-state index in [1.807, 2.05) is 0 Å². The van der Waals surface area contributed by atoms with Crippen molar-refractivity contribution in [2.75, 3.05) is 12.4 Å². The lowest BCUT2D eigenvalue weighted by Gasteiger charge is -2.11. The molecule has 0 unspecified atom stereocenters. The molecule has 0 atom stereocenters. The van der Waals surface area contributed by atoms with Crippen molar-refractivity contribution in [1.82, 2.24) is 0 Å². The Bertz CT molecular complexity index is 867. The SMILES string of the molecule is COC(=O)c1cc(NC(=O)Cc2ccc(F)c(F)c2)ccc1OC(C)=O. The van der Waals surface area contributed by atoms with Gasteiger partial charge in [0, 0.05) is 12.6 Å². The van der Waals surface area contributed by atoms with Crippen molar-refractivity contribution in [2.24, 2.45) is 0 Å². The largest absolute Gasteiger partial charge is 0.465 e. The number of methoxy groups -OCH3 is 1. The van der Waals surface area contributed by atoms with E-state index in [-0.39, 0.29) is 29.0 Å². The molecule has 0 aliphatic rings. The number of esters is 2. The van der Waals surface area contributed by atoms with Crippen LogP contribution in [0.2, 0.25) is 0 Å². The smallest absolute Gasteiger partial charge is 0.341 e. The van der Waals surface area contributed by atoms with Crippen LogP contribution in [0.4, 0.5) is 14.5 Å². The standard InChI is InChI=1S/C18H15F2NO5/c1-10(22)26-16-6-4-12(9-13(16)18(24)25-2)21-17(23)8-11-3-5-14(19)15(20)7-11/h3-7,9H,8H2,1-2H3,(H,21,23). The fourth-order valence-electron chi connectivity index (χ4n) is 2.16. The minimum atomic E-state index is -1.05. The van der Waals surface area contributed by atoms with Gasteiger partial charge in [0.2, 0.25) is 5.91 Å². The number of amides is 1. The first-order valence-electron chi connectivity index (χ1n) is 7.44. The zero-order chi connectivity index (χ0) is 19.3. The Hall–Kier alpha value is -3.29. The molecule has 26 heavy (non-hydrogen) atoms. The molecule has 1 amide bonds. The van der Waals surface area contributed by atoms with Crippen LogP contribution in [0.3, 0.4) is 0 Å². The minimum absolute atomic E-state index is 0.0112. The number of hydrogen-bond acceptors (Lipinski definition) is 5. The molecule has 0 saturated heterocycles. The molecule has 0 spiro atoms. The monoisotopic (exact) mass is 363 g/mol. The second kappa shape index (κ2) is 8.19. The normalized spacial score (nSPS) is 10.2. The second-order valence-electron chi connectivity index (χ2n) is 5.27. The van der Waals surface area contributed by atoms with Crippen molar-refractivity contribution in [3.05, 3.63) is 59.2 Å². The van der Waals surface area contributed by atoms with Crippen LogP contribution in [0, 0.1) is 11.6 Å². The predicted octanol–water partition coefficient (Wildman–Crippen LogP) is 2.86. The highest BCUT2D eigenvalue weighted by Crippen LogP contribution is 2.24. The number of anilines is 1. The van der Waals surface area contributed by atoms with E-state index in [9.17, 15) is 23.2 Å². The molecule has 6 nitrogen and oxygen atoms in total. The fourth-order valence-corrected chi connectivity index (χ4v) is 2.16. The van der Waals surface area contributed by atoms with Crippen LogP contribution in [-0.4, -0.2) is 25.0 Å². The second-order valence-corrected chi connectivity index (χ2v) is 5.27. The van der Waals surface area contributed by atoms with E-state index in [4.69, 9.17) is 4.74 Å². The van der Waals surface area contributed by atoms with Gasteiger partial charge in [-0.05, 0) is 35.9 Å². The molecule has 0 aliphatic carbocycles. The number of carbonyl (C=O) groups excluding carboxylic acids is 3.